The van der Waals surface area contributed by atoms with Crippen LogP contribution in [0, 0.1) is 5.92 Å². The van der Waals surface area contributed by atoms with Crippen molar-refractivity contribution in [2.75, 3.05) is 32.8 Å². The number of amides is 2. The zero-order valence-electron chi connectivity index (χ0n) is 11.4. The summed E-state index contributed by atoms with van der Waals surface area (Å²) in [4.78, 5) is 26.9. The number of aliphatic carboxylic acids is 1. The fourth-order valence-corrected chi connectivity index (χ4v) is 2.67. The van der Waals surface area contributed by atoms with E-state index in [1.54, 1.807) is 4.90 Å². The molecule has 108 valence electrons. The molecule has 6 nitrogen and oxygen atoms in total. The molecule has 0 bridgehead atoms. The van der Waals surface area contributed by atoms with E-state index in [-0.39, 0.29) is 12.6 Å². The van der Waals surface area contributed by atoms with E-state index in [9.17, 15) is 9.59 Å². The third-order valence-electron chi connectivity index (χ3n) is 3.95. The van der Waals surface area contributed by atoms with E-state index in [4.69, 9.17) is 9.84 Å². The van der Waals surface area contributed by atoms with E-state index in [0.29, 0.717) is 19.1 Å². The van der Waals surface area contributed by atoms with Gasteiger partial charge in [-0.15, -0.1) is 0 Å². The van der Waals surface area contributed by atoms with Crippen molar-refractivity contribution in [1.29, 1.82) is 0 Å². The summed E-state index contributed by atoms with van der Waals surface area (Å²) in [6.45, 7) is 4.52. The molecular formula is C13H22N2O4. The van der Waals surface area contributed by atoms with Crippen LogP contribution in [0.2, 0.25) is 0 Å². The summed E-state index contributed by atoms with van der Waals surface area (Å²) in [6, 6.07) is -0.994. The van der Waals surface area contributed by atoms with Gasteiger partial charge in [0, 0.05) is 19.6 Å². The molecule has 0 aromatic carbocycles. The molecule has 0 radical (unpaired) electrons. The minimum Gasteiger partial charge on any atom is -0.480 e. The van der Waals surface area contributed by atoms with Gasteiger partial charge in [-0.05, 0) is 25.2 Å². The van der Waals surface area contributed by atoms with Crippen molar-refractivity contribution in [2.45, 2.75) is 32.2 Å². The lowest BCUT2D eigenvalue weighted by Crippen LogP contribution is -2.56. The number of urea groups is 1. The molecular weight excluding hydrogens is 248 g/mol. The highest BCUT2D eigenvalue weighted by atomic mass is 16.5. The normalized spacial score (nSPS) is 28.9. The zero-order valence-corrected chi connectivity index (χ0v) is 11.4. The standard InChI is InChI=1S/C13H22N2O4/c1-10-3-2-5-14(6-4-10)13(18)15-7-8-19-9-11(15)12(16)17/h10-11H,2-9H2,1H3,(H,16,17). The molecule has 0 aliphatic carbocycles. The molecule has 2 aliphatic heterocycles. The number of nitrogens with zero attached hydrogens (tertiary/aromatic N) is 2. The number of hydrogen-bond donors (Lipinski definition) is 1. The van der Waals surface area contributed by atoms with Crippen molar-refractivity contribution in [3.63, 3.8) is 0 Å². The molecule has 2 heterocycles. The van der Waals surface area contributed by atoms with Crippen molar-refractivity contribution in [3.8, 4) is 0 Å². The first kappa shape index (κ1) is 14.1. The van der Waals surface area contributed by atoms with Crippen LogP contribution in [0.3, 0.4) is 0 Å². The summed E-state index contributed by atoms with van der Waals surface area (Å²) in [5.41, 5.74) is 0. The van der Waals surface area contributed by atoms with Crippen LogP contribution in [0.15, 0.2) is 0 Å². The summed E-state index contributed by atoms with van der Waals surface area (Å²) >= 11 is 0. The van der Waals surface area contributed by atoms with Gasteiger partial charge in [-0.25, -0.2) is 9.59 Å². The van der Waals surface area contributed by atoms with Gasteiger partial charge >= 0.3 is 12.0 Å². The Bertz CT molecular complexity index is 348. The third-order valence-corrected chi connectivity index (χ3v) is 3.95. The Balaban J connectivity index is 2.02. The summed E-state index contributed by atoms with van der Waals surface area (Å²) < 4.78 is 5.16. The molecule has 6 heteroatoms. The van der Waals surface area contributed by atoms with E-state index in [2.05, 4.69) is 6.92 Å². The Kier molecular flexibility index (Phi) is 4.63. The molecule has 1 N–H and O–H groups in total. The number of morpholine rings is 1. The lowest BCUT2D eigenvalue weighted by Gasteiger charge is -2.36. The van der Waals surface area contributed by atoms with Gasteiger partial charge in [0.15, 0.2) is 6.04 Å². The maximum Gasteiger partial charge on any atom is 0.328 e. The van der Waals surface area contributed by atoms with Crippen molar-refractivity contribution in [3.05, 3.63) is 0 Å². The number of carbonyl (C=O) groups excluding carboxylic acids is 1. The number of likely N-dealkylation sites (tertiary alicyclic amines) is 1. The summed E-state index contributed by atoms with van der Waals surface area (Å²) in [7, 11) is 0. The third kappa shape index (κ3) is 3.37. The Labute approximate surface area is 113 Å². The summed E-state index contributed by atoms with van der Waals surface area (Å²) in [5.74, 6) is -0.353. The second-order valence-corrected chi connectivity index (χ2v) is 5.43. The van der Waals surface area contributed by atoms with E-state index >= 15 is 0 Å². The smallest absolute Gasteiger partial charge is 0.328 e. The molecule has 2 atom stereocenters. The largest absolute Gasteiger partial charge is 0.480 e. The second-order valence-electron chi connectivity index (χ2n) is 5.43. The van der Waals surface area contributed by atoms with Crippen LogP contribution in [0.25, 0.3) is 0 Å². The molecule has 2 saturated heterocycles. The highest BCUT2D eigenvalue weighted by molar-refractivity contribution is 5.83. The molecule has 0 saturated carbocycles. The average molecular weight is 270 g/mol. The Morgan fingerprint density at radius 2 is 2.00 bits per heavy atom. The van der Waals surface area contributed by atoms with Crippen LogP contribution >= 0.6 is 0 Å². The summed E-state index contributed by atoms with van der Waals surface area (Å²) in [5, 5.41) is 9.16. The number of carboxylic acid groups (broad SMARTS) is 1. The van der Waals surface area contributed by atoms with Crippen LogP contribution in [-0.2, 0) is 9.53 Å². The molecule has 2 rings (SSSR count). The predicted molar refractivity (Wildman–Crippen MR) is 68.9 cm³/mol. The molecule has 0 aromatic rings. The Morgan fingerprint density at radius 3 is 2.74 bits per heavy atom. The van der Waals surface area contributed by atoms with Crippen molar-refractivity contribution < 1.29 is 19.4 Å². The average Bonchev–Trinajstić information content (AvgIpc) is 2.62. The lowest BCUT2D eigenvalue weighted by atomic mass is 10.0. The van der Waals surface area contributed by atoms with Crippen LogP contribution in [0.5, 0.6) is 0 Å². The summed E-state index contributed by atoms with van der Waals surface area (Å²) in [6.07, 6.45) is 3.12. The number of ether oxygens (including phenoxy) is 1. The number of carbonyl (C=O) groups is 2. The number of carboxylic acids is 1. The molecule has 0 spiro atoms. The van der Waals surface area contributed by atoms with Gasteiger partial charge in [0.2, 0.25) is 0 Å². The fraction of sp³-hybridized carbons (Fsp3) is 0.846. The Morgan fingerprint density at radius 1 is 1.21 bits per heavy atom. The van der Waals surface area contributed by atoms with Gasteiger partial charge in [0.25, 0.3) is 0 Å². The van der Waals surface area contributed by atoms with E-state index in [0.717, 1.165) is 32.4 Å². The van der Waals surface area contributed by atoms with Gasteiger partial charge in [0.05, 0.1) is 13.2 Å². The van der Waals surface area contributed by atoms with Gasteiger partial charge in [-0.3, -0.25) is 0 Å². The van der Waals surface area contributed by atoms with Crippen molar-refractivity contribution >= 4 is 12.0 Å². The fourth-order valence-electron chi connectivity index (χ4n) is 2.67. The van der Waals surface area contributed by atoms with Gasteiger partial charge in [-0.1, -0.05) is 6.92 Å². The first-order chi connectivity index (χ1) is 9.09. The highest BCUT2D eigenvalue weighted by Crippen LogP contribution is 2.19. The molecule has 2 amide bonds. The predicted octanol–water partition coefficient (Wildman–Crippen LogP) is 1.01. The SMILES string of the molecule is CC1CCCN(C(=O)N2CCOCC2C(=O)O)CC1. The quantitative estimate of drug-likeness (QED) is 0.772. The first-order valence-electron chi connectivity index (χ1n) is 6.95. The van der Waals surface area contributed by atoms with E-state index < -0.39 is 12.0 Å². The maximum atomic E-state index is 12.5. The van der Waals surface area contributed by atoms with Crippen LogP contribution < -0.4 is 0 Å². The monoisotopic (exact) mass is 270 g/mol. The van der Waals surface area contributed by atoms with Gasteiger partial charge in [-0.2, -0.15) is 0 Å². The number of rotatable bonds is 1. The highest BCUT2D eigenvalue weighted by Gasteiger charge is 2.35. The minimum absolute atomic E-state index is 0.0886. The molecule has 0 aromatic heterocycles. The van der Waals surface area contributed by atoms with Crippen LogP contribution in [0.4, 0.5) is 4.79 Å². The molecule has 19 heavy (non-hydrogen) atoms. The van der Waals surface area contributed by atoms with Crippen LogP contribution in [0.1, 0.15) is 26.2 Å². The lowest BCUT2D eigenvalue weighted by molar-refractivity contribution is -0.147. The van der Waals surface area contributed by atoms with Gasteiger partial charge in [0.1, 0.15) is 0 Å². The van der Waals surface area contributed by atoms with E-state index in [1.807, 2.05) is 0 Å². The topological polar surface area (TPSA) is 70.1 Å². The van der Waals surface area contributed by atoms with E-state index in [1.165, 1.54) is 4.90 Å². The maximum absolute atomic E-state index is 12.5. The molecule has 2 unspecified atom stereocenters. The Hall–Kier alpha value is -1.30. The molecule has 2 aliphatic rings. The zero-order chi connectivity index (χ0) is 13.8. The second kappa shape index (κ2) is 6.23. The molecule has 2 fully saturated rings. The minimum atomic E-state index is -0.990. The van der Waals surface area contributed by atoms with Gasteiger partial charge < -0.3 is 19.6 Å². The van der Waals surface area contributed by atoms with Crippen molar-refractivity contribution in [1.82, 2.24) is 9.80 Å². The van der Waals surface area contributed by atoms with Crippen LogP contribution in [-0.4, -0.2) is 65.8 Å². The van der Waals surface area contributed by atoms with Crippen molar-refractivity contribution in [2.24, 2.45) is 5.92 Å². The first-order valence-corrected chi connectivity index (χ1v) is 6.95. The number of hydrogen-bond acceptors (Lipinski definition) is 3.